The molecule has 0 fully saturated rings. The smallest absolute Gasteiger partial charge is 0.211 e. The molecule has 0 heterocycles. The topological polar surface area (TPSA) is 92.3 Å². The Kier molecular flexibility index (Phi) is 6.17. The molecule has 0 amide bonds. The molecule has 10 heteroatoms. The second-order valence-electron chi connectivity index (χ2n) is 3.72. The molecule has 1 aromatic rings. The first-order chi connectivity index (χ1) is 9.15. The Bertz CT molecular complexity index is 641. The highest BCUT2D eigenvalue weighted by molar-refractivity contribution is 9.13. The van der Waals surface area contributed by atoms with Crippen LogP contribution in [0.5, 0.6) is 0 Å². The van der Waals surface area contributed by atoms with Gasteiger partial charge in [-0.1, -0.05) is 13.8 Å². The molecule has 0 spiro atoms. The van der Waals surface area contributed by atoms with Crippen molar-refractivity contribution in [3.05, 3.63) is 21.1 Å². The van der Waals surface area contributed by atoms with Crippen LogP contribution in [0.2, 0.25) is 0 Å². The van der Waals surface area contributed by atoms with E-state index < -0.39 is 20.0 Å². The molecule has 2 N–H and O–H groups in total. The van der Waals surface area contributed by atoms with Crippen LogP contribution < -0.4 is 9.44 Å². The summed E-state index contributed by atoms with van der Waals surface area (Å²) in [6, 6.07) is 2.51. The number of hydrogen-bond donors (Lipinski definition) is 2. The Labute approximate surface area is 135 Å². The van der Waals surface area contributed by atoms with E-state index in [2.05, 4.69) is 41.3 Å². The third kappa shape index (κ3) is 4.01. The molecule has 1 aromatic carbocycles. The molecule has 0 saturated carbocycles. The van der Waals surface area contributed by atoms with Crippen LogP contribution in [-0.4, -0.2) is 29.9 Å². The maximum atomic E-state index is 12.1. The average molecular weight is 450 g/mol. The van der Waals surface area contributed by atoms with Crippen molar-refractivity contribution in [3.63, 3.8) is 0 Å². The minimum absolute atomic E-state index is 0.163. The molecule has 20 heavy (non-hydrogen) atoms. The lowest BCUT2D eigenvalue weighted by Gasteiger charge is -2.13. The maximum Gasteiger partial charge on any atom is 0.241 e. The van der Waals surface area contributed by atoms with Crippen LogP contribution in [0.4, 0.5) is 0 Å². The number of hydrogen-bond acceptors (Lipinski definition) is 4. The maximum absolute atomic E-state index is 12.1. The summed E-state index contributed by atoms with van der Waals surface area (Å²) >= 11 is 6.35. The van der Waals surface area contributed by atoms with E-state index in [0.717, 1.165) is 0 Å². The molecule has 0 aliphatic heterocycles. The van der Waals surface area contributed by atoms with Gasteiger partial charge in [0.15, 0.2) is 0 Å². The second kappa shape index (κ2) is 6.84. The minimum Gasteiger partial charge on any atom is -0.211 e. The van der Waals surface area contributed by atoms with Crippen LogP contribution in [-0.2, 0) is 20.0 Å². The van der Waals surface area contributed by atoms with Crippen molar-refractivity contribution in [3.8, 4) is 0 Å². The Morgan fingerprint density at radius 1 is 0.850 bits per heavy atom. The fourth-order valence-electron chi connectivity index (χ4n) is 1.47. The zero-order chi connectivity index (χ0) is 15.6. The number of sulfonamides is 2. The van der Waals surface area contributed by atoms with Crippen LogP contribution in [0.15, 0.2) is 30.9 Å². The lowest BCUT2D eigenvalue weighted by Crippen LogP contribution is -2.29. The quantitative estimate of drug-likeness (QED) is 0.692. The standard InChI is InChI=1S/C10H14Br2N2O4S2/c1-3-13-19(15,16)9-5-7(11)8(12)6-10(9)20(17,18)14-4-2/h5-6,13-14H,3-4H2,1-2H3. The molecule has 0 unspecified atom stereocenters. The van der Waals surface area contributed by atoms with Crippen molar-refractivity contribution in [2.45, 2.75) is 23.6 Å². The molecule has 0 aromatic heterocycles. The van der Waals surface area contributed by atoms with Gasteiger partial charge in [0.25, 0.3) is 0 Å². The SMILES string of the molecule is CCNS(=O)(=O)c1cc(Br)c(Br)cc1S(=O)(=O)NCC. The number of rotatable bonds is 6. The van der Waals surface area contributed by atoms with Gasteiger partial charge in [-0.3, -0.25) is 0 Å². The van der Waals surface area contributed by atoms with E-state index in [1.165, 1.54) is 12.1 Å². The Morgan fingerprint density at radius 3 is 1.40 bits per heavy atom. The van der Waals surface area contributed by atoms with Crippen LogP contribution in [0, 0.1) is 0 Å². The van der Waals surface area contributed by atoms with Crippen LogP contribution in [0.3, 0.4) is 0 Å². The lowest BCUT2D eigenvalue weighted by molar-refractivity contribution is 0.569. The van der Waals surface area contributed by atoms with E-state index in [-0.39, 0.29) is 22.9 Å². The van der Waals surface area contributed by atoms with Crippen molar-refractivity contribution >= 4 is 51.9 Å². The van der Waals surface area contributed by atoms with Crippen molar-refractivity contribution in [2.24, 2.45) is 0 Å². The fraction of sp³-hybridized carbons (Fsp3) is 0.400. The van der Waals surface area contributed by atoms with Crippen molar-refractivity contribution < 1.29 is 16.8 Å². The summed E-state index contributed by atoms with van der Waals surface area (Å²) in [5.41, 5.74) is 0. The fourth-order valence-corrected chi connectivity index (χ4v) is 5.38. The van der Waals surface area contributed by atoms with Crippen LogP contribution >= 0.6 is 31.9 Å². The van der Waals surface area contributed by atoms with Gasteiger partial charge in [0, 0.05) is 22.0 Å². The summed E-state index contributed by atoms with van der Waals surface area (Å²) in [4.78, 5) is -0.592. The van der Waals surface area contributed by atoms with Gasteiger partial charge >= 0.3 is 0 Å². The molecule has 0 aliphatic carbocycles. The first-order valence-corrected chi connectivity index (χ1v) is 10.2. The Morgan fingerprint density at radius 2 is 1.15 bits per heavy atom. The Hall–Kier alpha value is -0.000000000000000132. The largest absolute Gasteiger partial charge is 0.241 e. The number of halogens is 2. The molecule has 6 nitrogen and oxygen atoms in total. The summed E-state index contributed by atoms with van der Waals surface area (Å²) in [5, 5.41) is 0. The lowest BCUT2D eigenvalue weighted by atomic mass is 10.4. The van der Waals surface area contributed by atoms with Gasteiger partial charge in [-0.25, -0.2) is 26.3 Å². The third-order valence-corrected chi connectivity index (χ3v) is 7.38. The van der Waals surface area contributed by atoms with Crippen molar-refractivity contribution in [2.75, 3.05) is 13.1 Å². The van der Waals surface area contributed by atoms with Crippen LogP contribution in [0.1, 0.15) is 13.8 Å². The van der Waals surface area contributed by atoms with E-state index in [1.54, 1.807) is 13.8 Å². The molecule has 0 saturated heterocycles. The van der Waals surface area contributed by atoms with E-state index in [4.69, 9.17) is 0 Å². The summed E-state index contributed by atoms with van der Waals surface area (Å²) in [7, 11) is -7.80. The normalized spacial score (nSPS) is 12.6. The van der Waals surface area contributed by atoms with Crippen molar-refractivity contribution in [1.29, 1.82) is 0 Å². The molecule has 1 rings (SSSR count). The molecular formula is C10H14Br2N2O4S2. The summed E-state index contributed by atoms with van der Waals surface area (Å²) in [6.07, 6.45) is 0. The Balaban J connectivity index is 3.64. The molecule has 0 radical (unpaired) electrons. The zero-order valence-corrected chi connectivity index (χ0v) is 15.6. The minimum atomic E-state index is -3.90. The van der Waals surface area contributed by atoms with Gasteiger partial charge in [0.2, 0.25) is 20.0 Å². The highest BCUT2D eigenvalue weighted by Crippen LogP contribution is 2.31. The van der Waals surface area contributed by atoms with Gasteiger partial charge in [-0.15, -0.1) is 0 Å². The molecule has 0 bridgehead atoms. The van der Waals surface area contributed by atoms with E-state index in [0.29, 0.717) is 8.95 Å². The first-order valence-electron chi connectivity index (χ1n) is 5.64. The summed E-state index contributed by atoms with van der Waals surface area (Å²) < 4.78 is 54.0. The summed E-state index contributed by atoms with van der Waals surface area (Å²) in [5.74, 6) is 0. The average Bonchev–Trinajstić information content (AvgIpc) is 2.31. The van der Waals surface area contributed by atoms with Gasteiger partial charge < -0.3 is 0 Å². The van der Waals surface area contributed by atoms with Crippen LogP contribution in [0.25, 0.3) is 0 Å². The van der Waals surface area contributed by atoms with Gasteiger partial charge in [-0.05, 0) is 44.0 Å². The van der Waals surface area contributed by atoms with E-state index in [1.807, 2.05) is 0 Å². The third-order valence-electron chi connectivity index (χ3n) is 2.23. The first kappa shape index (κ1) is 18.1. The molecule has 0 atom stereocenters. The monoisotopic (exact) mass is 448 g/mol. The summed E-state index contributed by atoms with van der Waals surface area (Å²) in [6.45, 7) is 3.56. The van der Waals surface area contributed by atoms with Crippen molar-refractivity contribution in [1.82, 2.24) is 9.44 Å². The molecule has 114 valence electrons. The number of benzene rings is 1. The van der Waals surface area contributed by atoms with Gasteiger partial charge in [-0.2, -0.15) is 0 Å². The molecular weight excluding hydrogens is 436 g/mol. The van der Waals surface area contributed by atoms with Gasteiger partial charge in [0.1, 0.15) is 9.79 Å². The van der Waals surface area contributed by atoms with E-state index >= 15 is 0 Å². The highest BCUT2D eigenvalue weighted by Gasteiger charge is 2.27. The predicted molar refractivity (Wildman–Crippen MR) is 83.6 cm³/mol. The number of nitrogens with one attached hydrogen (secondary N) is 2. The predicted octanol–water partition coefficient (Wildman–Crippen LogP) is 1.81. The second-order valence-corrected chi connectivity index (χ2v) is 8.90. The zero-order valence-electron chi connectivity index (χ0n) is 10.8. The van der Waals surface area contributed by atoms with E-state index in [9.17, 15) is 16.8 Å². The highest BCUT2D eigenvalue weighted by atomic mass is 79.9. The molecule has 0 aliphatic rings. The van der Waals surface area contributed by atoms with Gasteiger partial charge in [0.05, 0.1) is 0 Å².